The first-order valence-corrected chi connectivity index (χ1v) is 6.80. The van der Waals surface area contributed by atoms with Gasteiger partial charge in [0.05, 0.1) is 11.6 Å². The van der Waals surface area contributed by atoms with E-state index in [2.05, 4.69) is 63.0 Å². The zero-order valence-electron chi connectivity index (χ0n) is 9.63. The summed E-state index contributed by atoms with van der Waals surface area (Å²) in [5.74, 6) is 0.850. The molecule has 2 aromatic carbocycles. The minimum Gasteiger partial charge on any atom is -0.496 e. The second-order valence-corrected chi connectivity index (χ2v) is 5.52. The zero-order chi connectivity index (χ0) is 12.4. The van der Waals surface area contributed by atoms with E-state index in [-0.39, 0.29) is 0 Å². The normalized spacial score (nSPS) is 10.4. The van der Waals surface area contributed by atoms with Gasteiger partial charge in [-0.25, -0.2) is 0 Å². The Morgan fingerprint density at radius 2 is 1.47 bits per heavy atom. The van der Waals surface area contributed by atoms with Crippen LogP contribution in [0.2, 0.25) is 0 Å². The number of rotatable bonds is 2. The summed E-state index contributed by atoms with van der Waals surface area (Å²) in [5, 5.41) is 0. The molecule has 0 saturated heterocycles. The van der Waals surface area contributed by atoms with Crippen LogP contribution in [0.1, 0.15) is 5.56 Å². The van der Waals surface area contributed by atoms with Gasteiger partial charge in [-0.05, 0) is 57.7 Å². The van der Waals surface area contributed by atoms with Crippen LogP contribution < -0.4 is 4.74 Å². The summed E-state index contributed by atoms with van der Waals surface area (Å²) in [7, 11) is 1.68. The molecule has 1 nitrogen and oxygen atoms in total. The predicted molar refractivity (Wildman–Crippen MR) is 78.6 cm³/mol. The Kier molecular flexibility index (Phi) is 3.89. The maximum absolute atomic E-state index is 5.30. The van der Waals surface area contributed by atoms with Crippen LogP contribution in [-0.4, -0.2) is 7.11 Å². The number of ether oxygens (including phenoxy) is 1. The number of aryl methyl sites for hydroxylation is 1. The third-order valence-corrected chi connectivity index (χ3v) is 4.19. The molecule has 0 aliphatic rings. The van der Waals surface area contributed by atoms with Crippen LogP contribution in [-0.2, 0) is 0 Å². The van der Waals surface area contributed by atoms with Crippen molar-refractivity contribution >= 4 is 31.9 Å². The molecule has 0 atom stereocenters. The van der Waals surface area contributed by atoms with E-state index in [1.54, 1.807) is 7.11 Å². The van der Waals surface area contributed by atoms with Crippen molar-refractivity contribution in [3.63, 3.8) is 0 Å². The number of halogens is 2. The van der Waals surface area contributed by atoms with Gasteiger partial charge in [0.25, 0.3) is 0 Å². The molecule has 0 bridgehead atoms. The fourth-order valence-corrected chi connectivity index (χ4v) is 2.32. The summed E-state index contributed by atoms with van der Waals surface area (Å²) in [5.41, 5.74) is 3.57. The van der Waals surface area contributed by atoms with Gasteiger partial charge in [-0.1, -0.05) is 34.1 Å². The monoisotopic (exact) mass is 354 g/mol. The molecular weight excluding hydrogens is 344 g/mol. The first kappa shape index (κ1) is 12.7. The van der Waals surface area contributed by atoms with Crippen LogP contribution >= 0.6 is 31.9 Å². The molecule has 0 aliphatic heterocycles. The molecule has 0 radical (unpaired) electrons. The summed E-state index contributed by atoms with van der Waals surface area (Å²) in [6, 6.07) is 12.4. The van der Waals surface area contributed by atoms with Gasteiger partial charge in [-0.3, -0.25) is 0 Å². The molecule has 0 aromatic heterocycles. The standard InChI is InChI=1S/C14H12Br2O/c1-9-7-10(3-5-12(9)15)11-4-6-13(16)14(8-11)17-2/h3-8H,1-2H3. The maximum Gasteiger partial charge on any atom is 0.133 e. The highest BCUT2D eigenvalue weighted by molar-refractivity contribution is 9.10. The molecule has 2 aromatic rings. The number of hydrogen-bond acceptors (Lipinski definition) is 1. The molecule has 0 amide bonds. The molecule has 0 spiro atoms. The highest BCUT2D eigenvalue weighted by atomic mass is 79.9. The lowest BCUT2D eigenvalue weighted by atomic mass is 10.0. The molecule has 0 aliphatic carbocycles. The molecule has 0 heterocycles. The largest absolute Gasteiger partial charge is 0.496 e. The van der Waals surface area contributed by atoms with Crippen LogP contribution in [0.4, 0.5) is 0 Å². The quantitative estimate of drug-likeness (QED) is 0.719. The Labute approximate surface area is 118 Å². The third-order valence-electron chi connectivity index (χ3n) is 2.64. The highest BCUT2D eigenvalue weighted by Gasteiger charge is 2.04. The SMILES string of the molecule is COc1cc(-c2ccc(Br)c(C)c2)ccc1Br. The molecule has 0 fully saturated rings. The van der Waals surface area contributed by atoms with E-state index in [1.807, 2.05) is 12.1 Å². The van der Waals surface area contributed by atoms with E-state index in [9.17, 15) is 0 Å². The first-order chi connectivity index (χ1) is 8.11. The number of hydrogen-bond donors (Lipinski definition) is 0. The Bertz CT molecular complexity index is 550. The number of benzene rings is 2. The minimum atomic E-state index is 0.850. The van der Waals surface area contributed by atoms with Crippen molar-refractivity contribution < 1.29 is 4.74 Å². The average molecular weight is 356 g/mol. The highest BCUT2D eigenvalue weighted by Crippen LogP contribution is 2.32. The Hall–Kier alpha value is -0.800. The van der Waals surface area contributed by atoms with Crippen molar-refractivity contribution in [2.75, 3.05) is 7.11 Å². The summed E-state index contributed by atoms with van der Waals surface area (Å²) in [6.45, 7) is 2.09. The van der Waals surface area contributed by atoms with Gasteiger partial charge >= 0.3 is 0 Å². The van der Waals surface area contributed by atoms with Crippen molar-refractivity contribution in [2.24, 2.45) is 0 Å². The van der Waals surface area contributed by atoms with Gasteiger partial charge in [-0.15, -0.1) is 0 Å². The fourth-order valence-electron chi connectivity index (χ4n) is 1.66. The van der Waals surface area contributed by atoms with Gasteiger partial charge in [0.15, 0.2) is 0 Å². The van der Waals surface area contributed by atoms with E-state index < -0.39 is 0 Å². The van der Waals surface area contributed by atoms with Crippen molar-refractivity contribution in [2.45, 2.75) is 6.92 Å². The second kappa shape index (κ2) is 5.23. The molecule has 17 heavy (non-hydrogen) atoms. The van der Waals surface area contributed by atoms with Crippen LogP contribution in [0.15, 0.2) is 45.3 Å². The minimum absolute atomic E-state index is 0.850. The Morgan fingerprint density at radius 3 is 2.06 bits per heavy atom. The molecule has 2 rings (SSSR count). The van der Waals surface area contributed by atoms with Crippen LogP contribution in [0.25, 0.3) is 11.1 Å². The van der Waals surface area contributed by atoms with E-state index in [0.717, 1.165) is 20.3 Å². The topological polar surface area (TPSA) is 9.23 Å². The van der Waals surface area contributed by atoms with Crippen LogP contribution in [0.3, 0.4) is 0 Å². The van der Waals surface area contributed by atoms with Crippen molar-refractivity contribution in [3.05, 3.63) is 50.9 Å². The summed E-state index contributed by atoms with van der Waals surface area (Å²) in [6.07, 6.45) is 0. The van der Waals surface area contributed by atoms with Gasteiger partial charge in [0.2, 0.25) is 0 Å². The Balaban J connectivity index is 2.49. The average Bonchev–Trinajstić information content (AvgIpc) is 2.33. The lowest BCUT2D eigenvalue weighted by Crippen LogP contribution is -1.86. The molecule has 88 valence electrons. The van der Waals surface area contributed by atoms with Crippen LogP contribution in [0, 0.1) is 6.92 Å². The third kappa shape index (κ3) is 2.72. The molecule has 0 saturated carbocycles. The maximum atomic E-state index is 5.30. The lowest BCUT2D eigenvalue weighted by Gasteiger charge is -2.08. The van der Waals surface area contributed by atoms with Gasteiger partial charge in [0.1, 0.15) is 5.75 Å². The molecule has 0 N–H and O–H groups in total. The summed E-state index contributed by atoms with van der Waals surface area (Å²) in [4.78, 5) is 0. The van der Waals surface area contributed by atoms with E-state index in [4.69, 9.17) is 4.74 Å². The van der Waals surface area contributed by atoms with Gasteiger partial charge in [-0.2, -0.15) is 0 Å². The predicted octanol–water partition coefficient (Wildman–Crippen LogP) is 5.20. The zero-order valence-corrected chi connectivity index (χ0v) is 12.8. The molecule has 3 heteroatoms. The van der Waals surface area contributed by atoms with Crippen LogP contribution in [0.5, 0.6) is 5.75 Å². The molecular formula is C14H12Br2O. The second-order valence-electron chi connectivity index (χ2n) is 3.81. The summed E-state index contributed by atoms with van der Waals surface area (Å²) < 4.78 is 7.40. The van der Waals surface area contributed by atoms with Gasteiger partial charge < -0.3 is 4.74 Å². The van der Waals surface area contributed by atoms with E-state index in [1.165, 1.54) is 11.1 Å². The number of methoxy groups -OCH3 is 1. The van der Waals surface area contributed by atoms with Crippen molar-refractivity contribution in [1.82, 2.24) is 0 Å². The Morgan fingerprint density at radius 1 is 0.882 bits per heavy atom. The molecule has 0 unspecified atom stereocenters. The van der Waals surface area contributed by atoms with Gasteiger partial charge in [0, 0.05) is 4.47 Å². The fraction of sp³-hybridized carbons (Fsp3) is 0.143. The lowest BCUT2D eigenvalue weighted by molar-refractivity contribution is 0.412. The summed E-state index contributed by atoms with van der Waals surface area (Å²) >= 11 is 6.97. The first-order valence-electron chi connectivity index (χ1n) is 5.22. The smallest absolute Gasteiger partial charge is 0.133 e. The van der Waals surface area contributed by atoms with Crippen molar-refractivity contribution in [1.29, 1.82) is 0 Å². The van der Waals surface area contributed by atoms with E-state index in [0.29, 0.717) is 0 Å². The van der Waals surface area contributed by atoms with E-state index >= 15 is 0 Å². The van der Waals surface area contributed by atoms with Crippen molar-refractivity contribution in [3.8, 4) is 16.9 Å².